The Balaban J connectivity index is 1.62. The highest BCUT2D eigenvalue weighted by atomic mass is 19.4. The molecule has 0 bridgehead atoms. The molecular formula is C21H22F3N3O. The summed E-state index contributed by atoms with van der Waals surface area (Å²) in [5.41, 5.74) is 2.20. The van der Waals surface area contributed by atoms with Gasteiger partial charge in [-0.1, -0.05) is 12.1 Å². The van der Waals surface area contributed by atoms with Crippen LogP contribution >= 0.6 is 0 Å². The van der Waals surface area contributed by atoms with Gasteiger partial charge in [-0.15, -0.1) is 0 Å². The number of halogens is 3. The van der Waals surface area contributed by atoms with E-state index in [9.17, 15) is 18.0 Å². The van der Waals surface area contributed by atoms with Gasteiger partial charge in [-0.05, 0) is 61.1 Å². The second kappa shape index (κ2) is 6.58. The average Bonchev–Trinajstić information content (AvgIpc) is 3.21. The van der Waals surface area contributed by atoms with Crippen LogP contribution in [-0.2, 0) is 11.0 Å². The maximum Gasteiger partial charge on any atom is 0.416 e. The Labute approximate surface area is 161 Å². The number of alkyl halides is 3. The number of carbonyl (C=O) groups is 1. The molecule has 1 unspecified atom stereocenters. The number of aromatic nitrogens is 1. The normalized spacial score (nSPS) is 25.1. The molecule has 1 spiro atoms. The molecule has 0 aliphatic carbocycles. The maximum atomic E-state index is 12.8. The lowest BCUT2D eigenvalue weighted by Gasteiger charge is -2.24. The van der Waals surface area contributed by atoms with E-state index < -0.39 is 17.3 Å². The molecule has 0 radical (unpaired) electrons. The minimum absolute atomic E-state index is 0.0372. The van der Waals surface area contributed by atoms with Crippen LogP contribution in [-0.4, -0.2) is 34.9 Å². The van der Waals surface area contributed by atoms with Crippen molar-refractivity contribution in [3.8, 4) is 11.1 Å². The van der Waals surface area contributed by atoms with Gasteiger partial charge in [-0.25, -0.2) is 0 Å². The van der Waals surface area contributed by atoms with E-state index in [0.29, 0.717) is 0 Å². The van der Waals surface area contributed by atoms with Crippen molar-refractivity contribution in [2.45, 2.75) is 43.9 Å². The topological polar surface area (TPSA) is 45.2 Å². The second-order valence-corrected chi connectivity index (χ2v) is 7.74. The van der Waals surface area contributed by atoms with E-state index in [1.54, 1.807) is 11.1 Å². The molecule has 1 aromatic heterocycles. The van der Waals surface area contributed by atoms with Crippen LogP contribution in [0.5, 0.6) is 0 Å². The maximum absolute atomic E-state index is 12.8. The highest BCUT2D eigenvalue weighted by Crippen LogP contribution is 2.40. The molecule has 28 heavy (non-hydrogen) atoms. The number of amides is 1. The third-order valence-electron chi connectivity index (χ3n) is 6.04. The summed E-state index contributed by atoms with van der Waals surface area (Å²) < 4.78 is 38.5. The van der Waals surface area contributed by atoms with Gasteiger partial charge in [0, 0.05) is 19.8 Å². The number of pyridine rings is 1. The van der Waals surface area contributed by atoms with E-state index in [1.165, 1.54) is 12.1 Å². The van der Waals surface area contributed by atoms with E-state index in [2.05, 4.69) is 10.3 Å². The SMILES string of the molecule is Cc1c(-c2ccc(C(F)(F)F)cc2)ccnc1C1CC[C@@]2(CCN(C)C2=O)N1. The third kappa shape index (κ3) is 3.07. The highest BCUT2D eigenvalue weighted by molar-refractivity contribution is 5.88. The first-order valence-corrected chi connectivity index (χ1v) is 9.38. The molecule has 1 N–H and O–H groups in total. The van der Waals surface area contributed by atoms with Gasteiger partial charge in [-0.2, -0.15) is 13.2 Å². The Kier molecular flexibility index (Phi) is 4.45. The summed E-state index contributed by atoms with van der Waals surface area (Å²) in [6.45, 7) is 2.68. The quantitative estimate of drug-likeness (QED) is 0.841. The fourth-order valence-corrected chi connectivity index (χ4v) is 4.43. The molecule has 1 amide bonds. The molecule has 7 heteroatoms. The number of nitrogens with zero attached hydrogens (tertiary/aromatic N) is 2. The van der Waals surface area contributed by atoms with E-state index in [4.69, 9.17) is 0 Å². The molecule has 2 saturated heterocycles. The lowest BCUT2D eigenvalue weighted by molar-refractivity contribution is -0.137. The Bertz CT molecular complexity index is 910. The monoisotopic (exact) mass is 389 g/mol. The Morgan fingerprint density at radius 3 is 2.50 bits per heavy atom. The van der Waals surface area contributed by atoms with Gasteiger partial charge in [0.2, 0.25) is 5.91 Å². The highest BCUT2D eigenvalue weighted by Gasteiger charge is 2.50. The summed E-state index contributed by atoms with van der Waals surface area (Å²) in [5, 5.41) is 3.51. The number of likely N-dealkylation sites (tertiary alicyclic amines) is 1. The summed E-state index contributed by atoms with van der Waals surface area (Å²) in [4.78, 5) is 18.8. The van der Waals surface area contributed by atoms with Crippen molar-refractivity contribution in [3.63, 3.8) is 0 Å². The van der Waals surface area contributed by atoms with Gasteiger partial charge in [0.1, 0.15) is 5.54 Å². The van der Waals surface area contributed by atoms with Crippen LogP contribution in [0.25, 0.3) is 11.1 Å². The summed E-state index contributed by atoms with van der Waals surface area (Å²) in [7, 11) is 1.82. The zero-order valence-corrected chi connectivity index (χ0v) is 15.8. The predicted octanol–water partition coefficient (Wildman–Crippen LogP) is 4.10. The van der Waals surface area contributed by atoms with Crippen LogP contribution < -0.4 is 5.32 Å². The van der Waals surface area contributed by atoms with Gasteiger partial charge in [0.05, 0.1) is 17.3 Å². The van der Waals surface area contributed by atoms with Gasteiger partial charge in [-0.3, -0.25) is 15.1 Å². The fourth-order valence-electron chi connectivity index (χ4n) is 4.43. The summed E-state index contributed by atoms with van der Waals surface area (Å²) >= 11 is 0. The Morgan fingerprint density at radius 2 is 1.89 bits per heavy atom. The van der Waals surface area contributed by atoms with E-state index >= 15 is 0 Å². The fraction of sp³-hybridized carbons (Fsp3) is 0.429. The van der Waals surface area contributed by atoms with Crippen molar-refractivity contribution in [3.05, 3.63) is 53.3 Å². The largest absolute Gasteiger partial charge is 0.416 e. The second-order valence-electron chi connectivity index (χ2n) is 7.74. The van der Waals surface area contributed by atoms with Gasteiger partial charge in [0.25, 0.3) is 0 Å². The smallest absolute Gasteiger partial charge is 0.344 e. The number of hydrogen-bond acceptors (Lipinski definition) is 3. The van der Waals surface area contributed by atoms with Crippen molar-refractivity contribution >= 4 is 5.91 Å². The van der Waals surface area contributed by atoms with E-state index in [0.717, 1.165) is 60.3 Å². The molecule has 2 atom stereocenters. The van der Waals surface area contributed by atoms with Crippen molar-refractivity contribution in [1.82, 2.24) is 15.2 Å². The number of benzene rings is 1. The first kappa shape index (κ1) is 18.9. The number of nitrogens with one attached hydrogen (secondary N) is 1. The molecule has 4 rings (SSSR count). The van der Waals surface area contributed by atoms with Crippen molar-refractivity contribution in [2.75, 3.05) is 13.6 Å². The van der Waals surface area contributed by atoms with Crippen LogP contribution in [0.4, 0.5) is 13.2 Å². The standard InChI is InChI=1S/C21H22F3N3O/c1-13-16(14-3-5-15(6-4-14)21(22,23)24)8-11-25-18(13)17-7-9-20(26-17)10-12-27(2)19(20)28/h3-6,8,11,17,26H,7,9-10,12H2,1-2H3/t17?,20-/m0/s1. The summed E-state index contributed by atoms with van der Waals surface area (Å²) in [6, 6.07) is 6.97. The minimum atomic E-state index is -4.35. The van der Waals surface area contributed by atoms with Crippen LogP contribution in [0.1, 0.15) is 42.1 Å². The molecule has 4 nitrogen and oxygen atoms in total. The first-order valence-electron chi connectivity index (χ1n) is 9.38. The van der Waals surface area contributed by atoms with E-state index in [1.807, 2.05) is 20.0 Å². The number of carbonyl (C=O) groups excluding carboxylic acids is 1. The summed E-state index contributed by atoms with van der Waals surface area (Å²) in [5.74, 6) is 0.131. The zero-order valence-electron chi connectivity index (χ0n) is 15.8. The molecule has 2 aliphatic heterocycles. The molecule has 2 fully saturated rings. The van der Waals surface area contributed by atoms with Crippen LogP contribution in [0.2, 0.25) is 0 Å². The molecule has 0 saturated carbocycles. The molecule has 1 aromatic carbocycles. The third-order valence-corrected chi connectivity index (χ3v) is 6.04. The molecule has 3 heterocycles. The lowest BCUT2D eigenvalue weighted by atomic mass is 9.95. The van der Waals surface area contributed by atoms with Crippen LogP contribution in [0.15, 0.2) is 36.5 Å². The Morgan fingerprint density at radius 1 is 1.18 bits per heavy atom. The molecule has 2 aliphatic rings. The van der Waals surface area contributed by atoms with Crippen molar-refractivity contribution < 1.29 is 18.0 Å². The predicted molar refractivity (Wildman–Crippen MR) is 99.5 cm³/mol. The molecule has 2 aromatic rings. The van der Waals surface area contributed by atoms with E-state index in [-0.39, 0.29) is 11.9 Å². The zero-order chi connectivity index (χ0) is 20.1. The number of hydrogen-bond donors (Lipinski definition) is 1. The van der Waals surface area contributed by atoms with Crippen LogP contribution in [0.3, 0.4) is 0 Å². The van der Waals surface area contributed by atoms with Gasteiger partial charge >= 0.3 is 6.18 Å². The average molecular weight is 389 g/mol. The lowest BCUT2D eigenvalue weighted by Crippen LogP contribution is -2.47. The summed E-state index contributed by atoms with van der Waals surface area (Å²) in [6.07, 6.45) is -0.294. The Hall–Kier alpha value is -2.41. The first-order chi connectivity index (χ1) is 13.2. The molecule has 148 valence electrons. The van der Waals surface area contributed by atoms with Crippen molar-refractivity contribution in [1.29, 1.82) is 0 Å². The number of rotatable bonds is 2. The van der Waals surface area contributed by atoms with Crippen LogP contribution in [0, 0.1) is 6.92 Å². The van der Waals surface area contributed by atoms with Crippen molar-refractivity contribution in [2.24, 2.45) is 0 Å². The molecular weight excluding hydrogens is 367 g/mol. The van der Waals surface area contributed by atoms with Gasteiger partial charge < -0.3 is 4.90 Å². The van der Waals surface area contributed by atoms with Gasteiger partial charge in [0.15, 0.2) is 0 Å². The minimum Gasteiger partial charge on any atom is -0.344 e. The number of likely N-dealkylation sites (N-methyl/N-ethyl adjacent to an activating group) is 1.